The zero-order chi connectivity index (χ0) is 15.7. The molecule has 1 N–H and O–H groups in total. The lowest BCUT2D eigenvalue weighted by Gasteiger charge is -2.09. The van der Waals surface area contributed by atoms with Crippen LogP contribution in [-0.4, -0.2) is 25.9 Å². The van der Waals surface area contributed by atoms with E-state index in [2.05, 4.69) is 19.2 Å². The zero-order valence-corrected chi connectivity index (χ0v) is 12.7. The molecule has 0 radical (unpaired) electrons. The maximum atomic E-state index is 11.9. The summed E-state index contributed by atoms with van der Waals surface area (Å²) < 4.78 is 40.9. The number of benzene rings is 1. The van der Waals surface area contributed by atoms with E-state index in [-0.39, 0.29) is 13.2 Å². The van der Waals surface area contributed by atoms with Crippen LogP contribution in [0.4, 0.5) is 13.2 Å². The average Bonchev–Trinajstić information content (AvgIpc) is 2.40. The summed E-state index contributed by atoms with van der Waals surface area (Å²) in [6.07, 6.45) is -4.10. The molecule has 5 heteroatoms. The maximum absolute atomic E-state index is 11.9. The molecular weight excluding hydrogens is 279 g/mol. The van der Waals surface area contributed by atoms with Gasteiger partial charge in [0, 0.05) is 0 Å². The molecule has 0 heterocycles. The largest absolute Gasteiger partial charge is 0.391 e. The lowest BCUT2D eigenvalue weighted by Crippen LogP contribution is -2.22. The summed E-state index contributed by atoms with van der Waals surface area (Å²) in [4.78, 5) is 0. The second-order valence-electron chi connectivity index (χ2n) is 5.58. The van der Waals surface area contributed by atoms with E-state index in [1.54, 1.807) is 0 Å². The first-order valence-electron chi connectivity index (χ1n) is 7.30. The Morgan fingerprint density at radius 1 is 1.10 bits per heavy atom. The molecule has 21 heavy (non-hydrogen) atoms. The molecule has 1 aromatic rings. The summed E-state index contributed by atoms with van der Waals surface area (Å²) >= 11 is 0. The molecule has 1 rings (SSSR count). The van der Waals surface area contributed by atoms with Gasteiger partial charge in [-0.1, -0.05) is 38.1 Å². The highest BCUT2D eigenvalue weighted by molar-refractivity contribution is 5.22. The van der Waals surface area contributed by atoms with Crippen LogP contribution in [0.25, 0.3) is 0 Å². The minimum absolute atomic E-state index is 0.224. The number of halogens is 3. The predicted octanol–water partition coefficient (Wildman–Crippen LogP) is 3.94. The molecule has 0 aliphatic rings. The molecule has 120 valence electrons. The molecule has 0 saturated carbocycles. The fourth-order valence-electron chi connectivity index (χ4n) is 1.80. The topological polar surface area (TPSA) is 21.3 Å². The molecule has 0 amide bonds. The highest BCUT2D eigenvalue weighted by atomic mass is 19.4. The van der Waals surface area contributed by atoms with Crippen molar-refractivity contribution < 1.29 is 17.9 Å². The lowest BCUT2D eigenvalue weighted by atomic mass is 10.1. The van der Waals surface area contributed by atoms with Crippen LogP contribution in [0, 0.1) is 5.92 Å². The summed E-state index contributed by atoms with van der Waals surface area (Å²) in [5.41, 5.74) is 2.11. The van der Waals surface area contributed by atoms with E-state index in [4.69, 9.17) is 4.74 Å². The number of nitrogens with one attached hydrogen (secondary N) is 1. The van der Waals surface area contributed by atoms with Crippen molar-refractivity contribution in [1.82, 2.24) is 5.32 Å². The Morgan fingerprint density at radius 3 is 2.29 bits per heavy atom. The van der Waals surface area contributed by atoms with E-state index in [9.17, 15) is 13.2 Å². The van der Waals surface area contributed by atoms with Gasteiger partial charge in [0.05, 0.1) is 19.6 Å². The van der Waals surface area contributed by atoms with Crippen LogP contribution in [0.5, 0.6) is 0 Å². The van der Waals surface area contributed by atoms with E-state index in [1.165, 1.54) is 5.56 Å². The van der Waals surface area contributed by atoms with Crippen LogP contribution in [0.3, 0.4) is 0 Å². The Labute approximate surface area is 124 Å². The number of ether oxygens (including phenoxy) is 1. The van der Waals surface area contributed by atoms with Gasteiger partial charge in [0.15, 0.2) is 0 Å². The predicted molar refractivity (Wildman–Crippen MR) is 78.2 cm³/mol. The Kier molecular flexibility index (Phi) is 7.75. The molecule has 0 bridgehead atoms. The molecule has 0 fully saturated rings. The van der Waals surface area contributed by atoms with Gasteiger partial charge in [-0.15, -0.1) is 0 Å². The number of hydrogen-bond donors (Lipinski definition) is 1. The number of rotatable bonds is 9. The van der Waals surface area contributed by atoms with E-state index < -0.39 is 12.6 Å². The average molecular weight is 303 g/mol. The summed E-state index contributed by atoms with van der Waals surface area (Å²) in [7, 11) is 0. The zero-order valence-electron chi connectivity index (χ0n) is 12.7. The Bertz CT molecular complexity index is 388. The number of alkyl halides is 3. The molecule has 0 aliphatic carbocycles. The molecule has 0 spiro atoms. The molecule has 0 aliphatic heterocycles. The summed E-state index contributed by atoms with van der Waals surface area (Å²) in [5, 5.41) is 3.37. The molecule has 0 aromatic heterocycles. The fraction of sp³-hybridized carbons (Fsp3) is 0.625. The second kappa shape index (κ2) is 9.05. The Hall–Kier alpha value is -1.07. The van der Waals surface area contributed by atoms with Crippen molar-refractivity contribution in [2.75, 3.05) is 19.7 Å². The van der Waals surface area contributed by atoms with Gasteiger partial charge in [0.25, 0.3) is 0 Å². The van der Waals surface area contributed by atoms with Gasteiger partial charge in [-0.05, 0) is 36.6 Å². The quantitative estimate of drug-likeness (QED) is 0.698. The van der Waals surface area contributed by atoms with Gasteiger partial charge in [-0.2, -0.15) is 13.2 Å². The van der Waals surface area contributed by atoms with Crippen molar-refractivity contribution in [3.63, 3.8) is 0 Å². The van der Waals surface area contributed by atoms with Crippen LogP contribution in [-0.2, 0) is 17.8 Å². The van der Waals surface area contributed by atoms with Crippen molar-refractivity contribution in [1.29, 1.82) is 0 Å². The molecule has 0 atom stereocenters. The SMILES string of the molecule is CC(C)CNCCc1ccc(COCCC(F)(F)F)cc1. The molecule has 2 nitrogen and oxygen atoms in total. The van der Waals surface area contributed by atoms with E-state index in [0.29, 0.717) is 5.92 Å². The van der Waals surface area contributed by atoms with Gasteiger partial charge < -0.3 is 10.1 Å². The maximum Gasteiger partial charge on any atom is 0.391 e. The first-order valence-corrected chi connectivity index (χ1v) is 7.30. The van der Waals surface area contributed by atoms with E-state index in [1.807, 2.05) is 24.3 Å². The van der Waals surface area contributed by atoms with Crippen molar-refractivity contribution >= 4 is 0 Å². The van der Waals surface area contributed by atoms with Crippen molar-refractivity contribution in [2.24, 2.45) is 5.92 Å². The first-order chi connectivity index (χ1) is 9.87. The highest BCUT2D eigenvalue weighted by Crippen LogP contribution is 2.19. The molecule has 0 unspecified atom stereocenters. The standard InChI is InChI=1S/C16H24F3NO/c1-13(2)11-20-9-7-14-3-5-15(6-4-14)12-21-10-8-16(17,18)19/h3-6,13,20H,7-12H2,1-2H3. The summed E-state index contributed by atoms with van der Waals surface area (Å²) in [6, 6.07) is 7.82. The molecular formula is C16H24F3NO. The van der Waals surface area contributed by atoms with Crippen molar-refractivity contribution in [3.05, 3.63) is 35.4 Å². The van der Waals surface area contributed by atoms with Crippen molar-refractivity contribution in [2.45, 2.75) is 39.5 Å². The molecule has 1 aromatic carbocycles. The van der Waals surface area contributed by atoms with Gasteiger partial charge in [-0.3, -0.25) is 0 Å². The first kappa shape index (κ1) is 18.0. The molecule has 0 saturated heterocycles. The third kappa shape index (κ3) is 9.47. The van der Waals surface area contributed by atoms with E-state index >= 15 is 0 Å². The second-order valence-corrected chi connectivity index (χ2v) is 5.58. The number of hydrogen-bond acceptors (Lipinski definition) is 2. The summed E-state index contributed by atoms with van der Waals surface area (Å²) in [6.45, 7) is 6.21. The third-order valence-electron chi connectivity index (χ3n) is 2.96. The van der Waals surface area contributed by atoms with Gasteiger partial charge in [-0.25, -0.2) is 0 Å². The minimum Gasteiger partial charge on any atom is -0.376 e. The van der Waals surface area contributed by atoms with Gasteiger partial charge >= 0.3 is 6.18 Å². The van der Waals surface area contributed by atoms with Crippen LogP contribution in [0.15, 0.2) is 24.3 Å². The Morgan fingerprint density at radius 2 is 1.71 bits per heavy atom. The third-order valence-corrected chi connectivity index (χ3v) is 2.96. The van der Waals surface area contributed by atoms with Gasteiger partial charge in [0.1, 0.15) is 0 Å². The fourth-order valence-corrected chi connectivity index (χ4v) is 1.80. The van der Waals surface area contributed by atoms with Crippen LogP contribution < -0.4 is 5.32 Å². The highest BCUT2D eigenvalue weighted by Gasteiger charge is 2.26. The van der Waals surface area contributed by atoms with E-state index in [0.717, 1.165) is 25.1 Å². The van der Waals surface area contributed by atoms with Crippen LogP contribution in [0.2, 0.25) is 0 Å². The summed E-state index contributed by atoms with van der Waals surface area (Å²) in [5.74, 6) is 0.640. The minimum atomic E-state index is -4.15. The van der Waals surface area contributed by atoms with Crippen LogP contribution in [0.1, 0.15) is 31.4 Å². The van der Waals surface area contributed by atoms with Gasteiger partial charge in [0.2, 0.25) is 0 Å². The smallest absolute Gasteiger partial charge is 0.376 e. The van der Waals surface area contributed by atoms with Crippen LogP contribution >= 0.6 is 0 Å². The van der Waals surface area contributed by atoms with Crippen molar-refractivity contribution in [3.8, 4) is 0 Å². The lowest BCUT2D eigenvalue weighted by molar-refractivity contribution is -0.146. The Balaban J connectivity index is 2.21. The normalized spacial score (nSPS) is 12.1. The monoisotopic (exact) mass is 303 g/mol.